The van der Waals surface area contributed by atoms with Crippen LogP contribution in [0.25, 0.3) is 0 Å². The summed E-state index contributed by atoms with van der Waals surface area (Å²) >= 11 is 7.37. The van der Waals surface area contributed by atoms with Gasteiger partial charge in [0, 0.05) is 47.5 Å². The van der Waals surface area contributed by atoms with Crippen molar-refractivity contribution in [2.24, 2.45) is 0 Å². The lowest BCUT2D eigenvalue weighted by Gasteiger charge is -2.27. The smallest absolute Gasteiger partial charge is 0.248 e. The molecular formula is C17H19ClN4OS. The zero-order chi connectivity index (χ0) is 16.9. The average molecular weight is 363 g/mol. The number of amides is 1. The van der Waals surface area contributed by atoms with E-state index in [-0.39, 0.29) is 5.91 Å². The van der Waals surface area contributed by atoms with Crippen LogP contribution in [0.2, 0.25) is 5.02 Å². The minimum atomic E-state index is -0.0870. The number of hydrogen-bond acceptors (Lipinski definition) is 5. The fraction of sp³-hybridized carbons (Fsp3) is 0.294. The Balaban J connectivity index is 1.49. The number of nitrogen functional groups attached to an aromatic ring is 1. The summed E-state index contributed by atoms with van der Waals surface area (Å²) < 4.78 is 0. The number of hydrogen-bond donors (Lipinski definition) is 2. The average Bonchev–Trinajstić information content (AvgIpc) is 2.96. The third kappa shape index (κ3) is 4.80. The van der Waals surface area contributed by atoms with Crippen LogP contribution in [0, 0.1) is 0 Å². The van der Waals surface area contributed by atoms with Crippen LogP contribution in [0.1, 0.15) is 17.7 Å². The van der Waals surface area contributed by atoms with Gasteiger partial charge in [-0.25, -0.2) is 4.98 Å². The summed E-state index contributed by atoms with van der Waals surface area (Å²) in [5.74, 6) is -0.0870. The molecule has 3 rings (SSSR count). The molecule has 0 unspecified atom stereocenters. The molecular weight excluding hydrogens is 344 g/mol. The van der Waals surface area contributed by atoms with E-state index < -0.39 is 0 Å². The molecule has 0 spiro atoms. The summed E-state index contributed by atoms with van der Waals surface area (Å²) in [4.78, 5) is 19.7. The van der Waals surface area contributed by atoms with Gasteiger partial charge in [0.05, 0.1) is 0 Å². The Bertz CT molecular complexity index is 731. The second kappa shape index (κ2) is 7.79. The molecule has 0 aliphatic carbocycles. The van der Waals surface area contributed by atoms with Gasteiger partial charge in [-0.05, 0) is 37.1 Å². The highest BCUT2D eigenvalue weighted by Gasteiger charge is 2.16. The summed E-state index contributed by atoms with van der Waals surface area (Å²) in [6.45, 7) is 2.76. The monoisotopic (exact) mass is 362 g/mol. The molecule has 1 aliphatic heterocycles. The number of nitrogens with zero attached hydrogens (tertiary/aromatic N) is 2. The molecule has 1 saturated heterocycles. The summed E-state index contributed by atoms with van der Waals surface area (Å²) in [5, 5.41) is 4.13. The summed E-state index contributed by atoms with van der Waals surface area (Å²) in [6.07, 6.45) is 5.37. The highest BCUT2D eigenvalue weighted by molar-refractivity contribution is 7.15. The topological polar surface area (TPSA) is 71.2 Å². The van der Waals surface area contributed by atoms with Crippen LogP contribution in [0.3, 0.4) is 0 Å². The van der Waals surface area contributed by atoms with Gasteiger partial charge in [0.25, 0.3) is 0 Å². The van der Waals surface area contributed by atoms with Crippen LogP contribution in [0.4, 0.5) is 10.8 Å². The van der Waals surface area contributed by atoms with Gasteiger partial charge in [-0.3, -0.25) is 9.69 Å². The number of rotatable bonds is 4. The van der Waals surface area contributed by atoms with Gasteiger partial charge in [-0.2, -0.15) is 0 Å². The number of carbonyl (C=O) groups excluding carboxylic acids is 1. The summed E-state index contributed by atoms with van der Waals surface area (Å²) in [5.41, 5.74) is 7.59. The van der Waals surface area contributed by atoms with Crippen LogP contribution in [-0.4, -0.2) is 28.9 Å². The largest absolute Gasteiger partial charge is 0.375 e. The van der Waals surface area contributed by atoms with Crippen LogP contribution in [0.5, 0.6) is 0 Å². The van der Waals surface area contributed by atoms with Crippen molar-refractivity contribution in [3.8, 4) is 0 Å². The van der Waals surface area contributed by atoms with E-state index in [0.717, 1.165) is 38.2 Å². The number of halogens is 1. The number of anilines is 2. The summed E-state index contributed by atoms with van der Waals surface area (Å²) in [7, 11) is 0. The lowest BCUT2D eigenvalue weighted by atomic mass is 10.0. The predicted octanol–water partition coefficient (Wildman–Crippen LogP) is 3.54. The van der Waals surface area contributed by atoms with Gasteiger partial charge in [-0.15, -0.1) is 11.3 Å². The number of benzene rings is 1. The van der Waals surface area contributed by atoms with Crippen molar-refractivity contribution < 1.29 is 4.79 Å². The minimum Gasteiger partial charge on any atom is -0.375 e. The third-order valence-electron chi connectivity index (χ3n) is 3.90. The number of likely N-dealkylation sites (tertiary alicyclic amines) is 1. The number of piperidine rings is 1. The van der Waals surface area contributed by atoms with Gasteiger partial charge in [0.15, 0.2) is 5.13 Å². The molecule has 5 nitrogen and oxygen atoms in total. The highest BCUT2D eigenvalue weighted by Crippen LogP contribution is 2.22. The Morgan fingerprint density at radius 2 is 2.04 bits per heavy atom. The lowest BCUT2D eigenvalue weighted by Crippen LogP contribution is -2.30. The molecule has 0 atom stereocenters. The second-order valence-electron chi connectivity index (χ2n) is 5.74. The third-order valence-corrected chi connectivity index (χ3v) is 4.96. The van der Waals surface area contributed by atoms with E-state index in [1.807, 2.05) is 6.20 Å². The number of nitrogens with one attached hydrogen (secondary N) is 1. The molecule has 0 radical (unpaired) electrons. The molecule has 0 saturated carbocycles. The Kier molecular flexibility index (Phi) is 5.50. The van der Waals surface area contributed by atoms with E-state index in [0.29, 0.717) is 10.2 Å². The molecule has 1 aliphatic rings. The van der Waals surface area contributed by atoms with E-state index in [1.165, 1.54) is 21.8 Å². The Morgan fingerprint density at radius 1 is 1.33 bits per heavy atom. The van der Waals surface area contributed by atoms with E-state index in [2.05, 4.69) is 15.2 Å². The van der Waals surface area contributed by atoms with Gasteiger partial charge in [0.1, 0.15) is 0 Å². The number of nitrogens with two attached hydrogens (primary N) is 1. The van der Waals surface area contributed by atoms with Crippen molar-refractivity contribution in [2.75, 3.05) is 24.1 Å². The van der Waals surface area contributed by atoms with Crippen molar-refractivity contribution in [3.63, 3.8) is 0 Å². The summed E-state index contributed by atoms with van der Waals surface area (Å²) in [6, 6.07) is 7.11. The Labute approximate surface area is 150 Å². The quantitative estimate of drug-likeness (QED) is 0.816. The fourth-order valence-electron chi connectivity index (χ4n) is 2.66. The molecule has 2 aromatic rings. The molecule has 1 fully saturated rings. The maximum Gasteiger partial charge on any atom is 0.248 e. The zero-order valence-corrected chi connectivity index (χ0v) is 14.7. The van der Waals surface area contributed by atoms with Gasteiger partial charge < -0.3 is 11.1 Å². The normalized spacial score (nSPS) is 15.3. The second-order valence-corrected chi connectivity index (χ2v) is 7.32. The molecule has 3 N–H and O–H groups in total. The van der Waals surface area contributed by atoms with Crippen LogP contribution < -0.4 is 11.1 Å². The SMILES string of the molecule is Nc1ncc(CN2CCC(=CC(=O)Nc3ccc(Cl)cc3)CC2)s1. The van der Waals surface area contributed by atoms with Crippen LogP contribution in [0.15, 0.2) is 42.1 Å². The first-order chi connectivity index (χ1) is 11.6. The first-order valence-electron chi connectivity index (χ1n) is 7.77. The zero-order valence-electron chi connectivity index (χ0n) is 13.2. The first-order valence-corrected chi connectivity index (χ1v) is 8.96. The number of aromatic nitrogens is 1. The van der Waals surface area contributed by atoms with E-state index >= 15 is 0 Å². The van der Waals surface area contributed by atoms with Gasteiger partial charge in [0.2, 0.25) is 5.91 Å². The molecule has 0 bridgehead atoms. The standard InChI is InChI=1S/C17H19ClN4OS/c18-13-1-3-14(4-2-13)21-16(23)9-12-5-7-22(8-6-12)11-15-10-20-17(19)24-15/h1-4,9-10H,5-8,11H2,(H2,19,20)(H,21,23). The first kappa shape index (κ1) is 17.0. The predicted molar refractivity (Wildman–Crippen MR) is 99.2 cm³/mol. The van der Waals surface area contributed by atoms with Crippen molar-refractivity contribution in [2.45, 2.75) is 19.4 Å². The molecule has 1 aromatic carbocycles. The fourth-order valence-corrected chi connectivity index (χ4v) is 3.51. The Morgan fingerprint density at radius 3 is 2.67 bits per heavy atom. The van der Waals surface area contributed by atoms with Gasteiger partial charge >= 0.3 is 0 Å². The molecule has 24 heavy (non-hydrogen) atoms. The molecule has 2 heterocycles. The minimum absolute atomic E-state index is 0.0870. The molecule has 1 aromatic heterocycles. The van der Waals surface area contributed by atoms with Gasteiger partial charge in [-0.1, -0.05) is 17.2 Å². The van der Waals surface area contributed by atoms with Crippen molar-refractivity contribution in [1.29, 1.82) is 0 Å². The maximum absolute atomic E-state index is 12.1. The molecule has 7 heteroatoms. The van der Waals surface area contributed by atoms with E-state index in [4.69, 9.17) is 17.3 Å². The van der Waals surface area contributed by atoms with E-state index in [9.17, 15) is 4.79 Å². The molecule has 126 valence electrons. The van der Waals surface area contributed by atoms with Crippen molar-refractivity contribution >= 4 is 39.7 Å². The number of thiazole rings is 1. The molecule has 1 amide bonds. The lowest BCUT2D eigenvalue weighted by molar-refractivity contribution is -0.112. The number of carbonyl (C=O) groups is 1. The maximum atomic E-state index is 12.1. The van der Waals surface area contributed by atoms with Crippen molar-refractivity contribution in [3.05, 3.63) is 52.0 Å². The van der Waals surface area contributed by atoms with E-state index in [1.54, 1.807) is 30.3 Å². The highest BCUT2D eigenvalue weighted by atomic mass is 35.5. The Hall–Kier alpha value is -1.89. The van der Waals surface area contributed by atoms with Crippen LogP contribution >= 0.6 is 22.9 Å². The van der Waals surface area contributed by atoms with Crippen LogP contribution in [-0.2, 0) is 11.3 Å². The van der Waals surface area contributed by atoms with Crippen molar-refractivity contribution in [1.82, 2.24) is 9.88 Å².